The molecule has 0 saturated carbocycles. The van der Waals surface area contributed by atoms with E-state index in [-0.39, 0.29) is 6.04 Å². The largest absolute Gasteiger partial charge is 0.333 e. The van der Waals surface area contributed by atoms with Crippen molar-refractivity contribution in [1.29, 1.82) is 0 Å². The third-order valence-corrected chi connectivity index (χ3v) is 3.93. The monoisotopic (exact) mass is 264 g/mol. The maximum Gasteiger partial charge on any atom is 0.0948 e. The van der Waals surface area contributed by atoms with E-state index in [1.807, 2.05) is 12.5 Å². The van der Waals surface area contributed by atoms with Crippen LogP contribution in [0.2, 0.25) is 0 Å². The van der Waals surface area contributed by atoms with Crippen LogP contribution in [0.25, 0.3) is 0 Å². The highest BCUT2D eigenvalue weighted by molar-refractivity contribution is 7.07. The molecule has 0 radical (unpaired) electrons. The maximum atomic E-state index is 5.94. The molecule has 2 rings (SSSR count). The lowest BCUT2D eigenvalue weighted by molar-refractivity contribution is 0.233. The third-order valence-electron chi connectivity index (χ3n) is 3.19. The number of aryl methyl sites for hydroxylation is 1. The Labute approximate surface area is 112 Å². The minimum Gasteiger partial charge on any atom is -0.333 e. The first-order valence-electron chi connectivity index (χ1n) is 6.17. The molecular weight excluding hydrogens is 244 g/mol. The molecule has 0 amide bonds. The van der Waals surface area contributed by atoms with Crippen molar-refractivity contribution in [1.82, 2.24) is 14.5 Å². The molecule has 0 aliphatic heterocycles. The van der Waals surface area contributed by atoms with Gasteiger partial charge in [-0.2, -0.15) is 11.3 Å². The Morgan fingerprint density at radius 3 is 3.00 bits per heavy atom. The van der Waals surface area contributed by atoms with Gasteiger partial charge in [-0.15, -0.1) is 0 Å². The summed E-state index contributed by atoms with van der Waals surface area (Å²) >= 11 is 1.73. The van der Waals surface area contributed by atoms with Crippen molar-refractivity contribution in [3.63, 3.8) is 0 Å². The van der Waals surface area contributed by atoms with Crippen LogP contribution >= 0.6 is 11.3 Å². The van der Waals surface area contributed by atoms with E-state index in [1.54, 1.807) is 11.3 Å². The Bertz CT molecular complexity index is 463. The summed E-state index contributed by atoms with van der Waals surface area (Å²) in [6, 6.07) is 2.37. The molecule has 0 aromatic carbocycles. The number of nitrogens with two attached hydrogens (primary N) is 1. The topological polar surface area (TPSA) is 47.1 Å². The van der Waals surface area contributed by atoms with Gasteiger partial charge in [0.2, 0.25) is 0 Å². The van der Waals surface area contributed by atoms with E-state index in [1.165, 1.54) is 11.3 Å². The van der Waals surface area contributed by atoms with Gasteiger partial charge in [-0.25, -0.2) is 4.98 Å². The summed E-state index contributed by atoms with van der Waals surface area (Å²) in [7, 11) is 2.11. The number of nitrogens with zero attached hydrogens (tertiary/aromatic N) is 3. The first-order chi connectivity index (χ1) is 8.76. The van der Waals surface area contributed by atoms with Gasteiger partial charge in [0.15, 0.2) is 0 Å². The lowest BCUT2D eigenvalue weighted by Crippen LogP contribution is -2.31. The van der Waals surface area contributed by atoms with Crippen molar-refractivity contribution in [2.45, 2.75) is 26.1 Å². The summed E-state index contributed by atoms with van der Waals surface area (Å²) in [5, 5.41) is 4.29. The van der Waals surface area contributed by atoms with Crippen LogP contribution < -0.4 is 5.73 Å². The fourth-order valence-corrected chi connectivity index (χ4v) is 2.84. The summed E-state index contributed by atoms with van der Waals surface area (Å²) < 4.78 is 2.15. The van der Waals surface area contributed by atoms with Crippen LogP contribution in [0.15, 0.2) is 29.4 Å². The standard InChI is InChI=1S/C13H20N4S/c1-3-17-10-15-7-13(17)12(6-14)16(2)8-11-4-5-18-9-11/h4-5,7,9-10,12H,3,6,8,14H2,1-2H3. The number of hydrogen-bond donors (Lipinski definition) is 1. The van der Waals surface area contributed by atoms with Crippen LogP contribution in [0.5, 0.6) is 0 Å². The summed E-state index contributed by atoms with van der Waals surface area (Å²) in [5.41, 5.74) is 8.47. The second-order valence-electron chi connectivity index (χ2n) is 4.40. The van der Waals surface area contributed by atoms with Crippen molar-refractivity contribution < 1.29 is 0 Å². The third kappa shape index (κ3) is 2.80. The molecule has 1 atom stereocenters. The zero-order chi connectivity index (χ0) is 13.0. The van der Waals surface area contributed by atoms with E-state index in [0.717, 1.165) is 13.1 Å². The number of hydrogen-bond acceptors (Lipinski definition) is 4. The lowest BCUT2D eigenvalue weighted by atomic mass is 10.1. The Hall–Kier alpha value is -1.17. The van der Waals surface area contributed by atoms with Gasteiger partial charge in [-0.05, 0) is 36.4 Å². The molecule has 1 unspecified atom stereocenters. The predicted molar refractivity (Wildman–Crippen MR) is 75.5 cm³/mol. The van der Waals surface area contributed by atoms with Crippen molar-refractivity contribution >= 4 is 11.3 Å². The average Bonchev–Trinajstić information content (AvgIpc) is 3.01. The number of likely N-dealkylation sites (N-methyl/N-ethyl adjacent to an activating group) is 1. The molecule has 18 heavy (non-hydrogen) atoms. The molecule has 2 N–H and O–H groups in total. The van der Waals surface area contributed by atoms with Crippen LogP contribution in [-0.2, 0) is 13.1 Å². The van der Waals surface area contributed by atoms with Crippen molar-refractivity contribution in [3.8, 4) is 0 Å². The molecule has 2 aromatic heterocycles. The van der Waals surface area contributed by atoms with Gasteiger partial charge in [0, 0.05) is 25.8 Å². The molecule has 0 aliphatic carbocycles. The van der Waals surface area contributed by atoms with Gasteiger partial charge in [-0.3, -0.25) is 4.90 Å². The minimum absolute atomic E-state index is 0.215. The molecule has 0 aliphatic rings. The van der Waals surface area contributed by atoms with E-state index >= 15 is 0 Å². The molecule has 5 heteroatoms. The highest BCUT2D eigenvalue weighted by Crippen LogP contribution is 2.20. The quantitative estimate of drug-likeness (QED) is 0.869. The molecule has 2 aromatic rings. The van der Waals surface area contributed by atoms with E-state index in [0.29, 0.717) is 6.54 Å². The summed E-state index contributed by atoms with van der Waals surface area (Å²) in [4.78, 5) is 6.51. The van der Waals surface area contributed by atoms with Crippen LogP contribution in [-0.4, -0.2) is 28.0 Å². The molecule has 0 spiro atoms. The van der Waals surface area contributed by atoms with Gasteiger partial charge in [0.1, 0.15) is 0 Å². The van der Waals surface area contributed by atoms with E-state index in [9.17, 15) is 0 Å². The van der Waals surface area contributed by atoms with Gasteiger partial charge in [0.05, 0.1) is 18.1 Å². The van der Waals surface area contributed by atoms with Crippen molar-refractivity contribution in [2.24, 2.45) is 5.73 Å². The van der Waals surface area contributed by atoms with Crippen LogP contribution in [0.3, 0.4) is 0 Å². The van der Waals surface area contributed by atoms with E-state index in [4.69, 9.17) is 5.73 Å². The fourth-order valence-electron chi connectivity index (χ4n) is 2.18. The molecular formula is C13H20N4S. The maximum absolute atomic E-state index is 5.94. The SMILES string of the molecule is CCn1cncc1C(CN)N(C)Cc1ccsc1. The Morgan fingerprint density at radius 1 is 1.56 bits per heavy atom. The highest BCUT2D eigenvalue weighted by atomic mass is 32.1. The zero-order valence-electron chi connectivity index (χ0n) is 10.9. The zero-order valence-corrected chi connectivity index (χ0v) is 11.7. The molecule has 2 heterocycles. The van der Waals surface area contributed by atoms with Crippen LogP contribution in [0, 0.1) is 0 Å². The summed E-state index contributed by atoms with van der Waals surface area (Å²) in [6.07, 6.45) is 3.79. The Morgan fingerprint density at radius 2 is 2.39 bits per heavy atom. The fraction of sp³-hybridized carbons (Fsp3) is 0.462. The molecule has 0 fully saturated rings. The number of imidazole rings is 1. The number of aromatic nitrogens is 2. The van der Waals surface area contributed by atoms with Gasteiger partial charge in [0.25, 0.3) is 0 Å². The molecule has 98 valence electrons. The smallest absolute Gasteiger partial charge is 0.0948 e. The first-order valence-corrected chi connectivity index (χ1v) is 7.12. The Kier molecular flexibility index (Phi) is 4.52. The van der Waals surface area contributed by atoms with Crippen LogP contribution in [0.1, 0.15) is 24.2 Å². The van der Waals surface area contributed by atoms with Crippen molar-refractivity contribution in [3.05, 3.63) is 40.6 Å². The molecule has 0 bridgehead atoms. The van der Waals surface area contributed by atoms with Crippen LogP contribution in [0.4, 0.5) is 0 Å². The first kappa shape index (κ1) is 13.3. The summed E-state index contributed by atoms with van der Waals surface area (Å²) in [5.74, 6) is 0. The molecule has 0 saturated heterocycles. The molecule has 4 nitrogen and oxygen atoms in total. The Balaban J connectivity index is 2.13. The number of rotatable bonds is 6. The predicted octanol–water partition coefficient (Wildman–Crippen LogP) is 2.10. The average molecular weight is 264 g/mol. The van der Waals surface area contributed by atoms with Gasteiger partial charge >= 0.3 is 0 Å². The van der Waals surface area contributed by atoms with E-state index in [2.05, 4.69) is 45.2 Å². The van der Waals surface area contributed by atoms with Gasteiger partial charge < -0.3 is 10.3 Å². The van der Waals surface area contributed by atoms with Crippen molar-refractivity contribution in [2.75, 3.05) is 13.6 Å². The lowest BCUT2D eigenvalue weighted by Gasteiger charge is -2.27. The second-order valence-corrected chi connectivity index (χ2v) is 5.18. The van der Waals surface area contributed by atoms with Gasteiger partial charge in [-0.1, -0.05) is 0 Å². The van der Waals surface area contributed by atoms with E-state index < -0.39 is 0 Å². The highest BCUT2D eigenvalue weighted by Gasteiger charge is 2.19. The number of thiophene rings is 1. The summed E-state index contributed by atoms with van der Waals surface area (Å²) in [6.45, 7) is 4.57. The minimum atomic E-state index is 0.215. The second kappa shape index (κ2) is 6.13. The normalized spacial score (nSPS) is 13.1.